The number of aromatic nitrogens is 5. The molecule has 5 heterocycles. The number of nitrogens with zero attached hydrogens (tertiary/aromatic N) is 5. The van der Waals surface area contributed by atoms with E-state index in [9.17, 15) is 0 Å². The molecule has 3 aromatic heterocycles. The van der Waals surface area contributed by atoms with Crippen LogP contribution < -0.4 is 21.1 Å². The Morgan fingerprint density at radius 1 is 1.10 bits per heavy atom. The Kier molecular flexibility index (Phi) is 4.96. The third kappa shape index (κ3) is 3.86. The predicted molar refractivity (Wildman–Crippen MR) is 110 cm³/mol. The van der Waals surface area contributed by atoms with Crippen LogP contribution in [-0.2, 0) is 4.74 Å². The van der Waals surface area contributed by atoms with Gasteiger partial charge in [-0.15, -0.1) is 0 Å². The number of imidazole rings is 1. The molecule has 0 bridgehead atoms. The van der Waals surface area contributed by atoms with E-state index in [-0.39, 0.29) is 0 Å². The molecule has 0 radical (unpaired) electrons. The van der Waals surface area contributed by atoms with Crippen LogP contribution >= 0.6 is 0 Å². The number of hydrazine groups is 1. The van der Waals surface area contributed by atoms with Gasteiger partial charge in [0.1, 0.15) is 17.5 Å². The average molecular weight is 395 g/mol. The van der Waals surface area contributed by atoms with Crippen LogP contribution in [0.25, 0.3) is 11.0 Å². The fourth-order valence-corrected chi connectivity index (χ4v) is 3.84. The van der Waals surface area contributed by atoms with Crippen molar-refractivity contribution >= 4 is 28.6 Å². The summed E-state index contributed by atoms with van der Waals surface area (Å²) in [6.07, 6.45) is 5.89. The zero-order valence-corrected chi connectivity index (χ0v) is 16.4. The van der Waals surface area contributed by atoms with E-state index < -0.39 is 0 Å². The second-order valence-corrected chi connectivity index (χ2v) is 7.46. The van der Waals surface area contributed by atoms with Crippen molar-refractivity contribution in [3.05, 3.63) is 30.4 Å². The van der Waals surface area contributed by atoms with Crippen LogP contribution in [0.5, 0.6) is 0 Å². The number of anilines is 3. The van der Waals surface area contributed by atoms with Crippen molar-refractivity contribution in [2.75, 3.05) is 43.5 Å². The fraction of sp³-hybridized carbons (Fsp3) is 0.474. The quantitative estimate of drug-likeness (QED) is 0.507. The van der Waals surface area contributed by atoms with Crippen molar-refractivity contribution in [1.29, 1.82) is 0 Å². The summed E-state index contributed by atoms with van der Waals surface area (Å²) in [6, 6.07) is 3.79. The minimum atomic E-state index is 0.332. The Hall–Kier alpha value is -2.82. The van der Waals surface area contributed by atoms with Crippen LogP contribution in [0, 0.1) is 0 Å². The van der Waals surface area contributed by atoms with Crippen molar-refractivity contribution < 1.29 is 4.74 Å². The molecule has 0 amide bonds. The van der Waals surface area contributed by atoms with E-state index in [2.05, 4.69) is 41.0 Å². The van der Waals surface area contributed by atoms with Gasteiger partial charge in [0.15, 0.2) is 0 Å². The highest BCUT2D eigenvalue weighted by atomic mass is 16.5. The number of piperidine rings is 1. The maximum atomic E-state index is 5.44. The zero-order chi connectivity index (χ0) is 19.6. The Morgan fingerprint density at radius 3 is 2.72 bits per heavy atom. The summed E-state index contributed by atoms with van der Waals surface area (Å²) in [7, 11) is 1.77. The van der Waals surface area contributed by atoms with Gasteiger partial charge in [-0.05, 0) is 18.9 Å². The molecular formula is C19H25N9O. The van der Waals surface area contributed by atoms with Crippen LogP contribution in [0.3, 0.4) is 0 Å². The molecule has 2 saturated heterocycles. The highest BCUT2D eigenvalue weighted by Gasteiger charge is 2.21. The minimum Gasteiger partial charge on any atom is -0.381 e. The number of pyridine rings is 1. The Morgan fingerprint density at radius 2 is 1.93 bits per heavy atom. The standard InChI is InChI=1S/C19H25N9O/c1-29-13-3-6-28(7-4-13)19-20-5-2-16(27-19)26-17-8-14-15(11-21-17)25-18(24-14)12-9-22-23-10-12/h2,5,8,11-13,22-23H,3-4,6-7,9-10H2,1H3,(H,24,25)(H,20,21,26,27). The molecule has 0 spiro atoms. The Labute approximate surface area is 168 Å². The lowest BCUT2D eigenvalue weighted by atomic mass is 10.1. The van der Waals surface area contributed by atoms with Crippen molar-refractivity contribution in [2.24, 2.45) is 0 Å². The number of ether oxygens (including phenoxy) is 1. The monoisotopic (exact) mass is 395 g/mol. The van der Waals surface area contributed by atoms with Gasteiger partial charge in [-0.25, -0.2) is 15.0 Å². The summed E-state index contributed by atoms with van der Waals surface area (Å²) in [4.78, 5) is 23.9. The van der Waals surface area contributed by atoms with Gasteiger partial charge in [0, 0.05) is 51.5 Å². The van der Waals surface area contributed by atoms with Crippen molar-refractivity contribution in [2.45, 2.75) is 24.9 Å². The van der Waals surface area contributed by atoms with Gasteiger partial charge < -0.3 is 19.9 Å². The second kappa shape index (κ2) is 7.90. The largest absolute Gasteiger partial charge is 0.381 e. The lowest BCUT2D eigenvalue weighted by Gasteiger charge is -2.31. The number of rotatable bonds is 5. The van der Waals surface area contributed by atoms with Crippen molar-refractivity contribution in [3.63, 3.8) is 0 Å². The van der Waals surface area contributed by atoms with Gasteiger partial charge >= 0.3 is 0 Å². The van der Waals surface area contributed by atoms with Crippen LogP contribution in [0.1, 0.15) is 24.6 Å². The summed E-state index contributed by atoms with van der Waals surface area (Å²) < 4.78 is 5.44. The van der Waals surface area contributed by atoms with Crippen LogP contribution in [0.4, 0.5) is 17.6 Å². The molecule has 29 heavy (non-hydrogen) atoms. The van der Waals surface area contributed by atoms with Crippen LogP contribution in [-0.4, -0.2) is 64.3 Å². The molecule has 10 nitrogen and oxygen atoms in total. The molecule has 152 valence electrons. The summed E-state index contributed by atoms with van der Waals surface area (Å²) in [5.41, 5.74) is 8.09. The third-order valence-corrected chi connectivity index (χ3v) is 5.55. The van der Waals surface area contributed by atoms with Gasteiger partial charge in [0.05, 0.1) is 23.3 Å². The van der Waals surface area contributed by atoms with E-state index in [1.54, 1.807) is 13.3 Å². The molecule has 3 aromatic rings. The minimum absolute atomic E-state index is 0.332. The van der Waals surface area contributed by atoms with E-state index in [0.717, 1.165) is 67.6 Å². The third-order valence-electron chi connectivity index (χ3n) is 5.55. The molecule has 0 saturated carbocycles. The predicted octanol–water partition coefficient (Wildman–Crippen LogP) is 1.30. The van der Waals surface area contributed by atoms with Crippen LogP contribution in [0.15, 0.2) is 24.5 Å². The molecule has 5 rings (SSSR count). The van der Waals surface area contributed by atoms with Crippen molar-refractivity contribution in [1.82, 2.24) is 35.8 Å². The Balaban J connectivity index is 1.31. The molecule has 0 aliphatic carbocycles. The molecule has 2 aliphatic rings. The van der Waals surface area contributed by atoms with Gasteiger partial charge in [-0.2, -0.15) is 4.98 Å². The SMILES string of the molecule is COC1CCN(c2nccc(Nc3cc4nc(C5CNNC5)[nH]c4cn3)n2)CC1. The molecule has 2 fully saturated rings. The average Bonchev–Trinajstić information content (AvgIpc) is 3.43. The second-order valence-electron chi connectivity index (χ2n) is 7.46. The molecule has 0 aromatic carbocycles. The number of aromatic amines is 1. The molecule has 10 heteroatoms. The van der Waals surface area contributed by atoms with E-state index in [1.165, 1.54) is 0 Å². The fourth-order valence-electron chi connectivity index (χ4n) is 3.84. The first-order valence-corrected chi connectivity index (χ1v) is 9.97. The van der Waals surface area contributed by atoms with E-state index in [1.807, 2.05) is 18.3 Å². The summed E-state index contributed by atoms with van der Waals surface area (Å²) >= 11 is 0. The highest BCUT2D eigenvalue weighted by Crippen LogP contribution is 2.23. The zero-order valence-electron chi connectivity index (χ0n) is 16.4. The lowest BCUT2D eigenvalue weighted by molar-refractivity contribution is 0.0816. The smallest absolute Gasteiger partial charge is 0.227 e. The number of methoxy groups -OCH3 is 1. The number of hydrogen-bond donors (Lipinski definition) is 4. The van der Waals surface area contributed by atoms with Gasteiger partial charge in [0.25, 0.3) is 0 Å². The number of hydrogen-bond acceptors (Lipinski definition) is 9. The molecule has 4 N–H and O–H groups in total. The Bertz CT molecular complexity index is 977. The molecular weight excluding hydrogens is 370 g/mol. The summed E-state index contributed by atoms with van der Waals surface area (Å²) in [6.45, 7) is 3.52. The van der Waals surface area contributed by atoms with Gasteiger partial charge in [0.2, 0.25) is 5.95 Å². The number of nitrogens with one attached hydrogen (secondary N) is 4. The molecule has 2 aliphatic heterocycles. The van der Waals surface area contributed by atoms with E-state index in [0.29, 0.717) is 17.8 Å². The normalized spacial score (nSPS) is 18.6. The topological polar surface area (TPSA) is 116 Å². The highest BCUT2D eigenvalue weighted by molar-refractivity contribution is 5.78. The lowest BCUT2D eigenvalue weighted by Crippen LogP contribution is -2.37. The molecule has 0 atom stereocenters. The van der Waals surface area contributed by atoms with E-state index >= 15 is 0 Å². The number of fused-ring (bicyclic) bond motifs is 1. The first-order chi connectivity index (χ1) is 14.3. The van der Waals surface area contributed by atoms with Crippen molar-refractivity contribution in [3.8, 4) is 0 Å². The summed E-state index contributed by atoms with van der Waals surface area (Å²) in [5.74, 6) is 3.47. The van der Waals surface area contributed by atoms with Gasteiger partial charge in [-0.1, -0.05) is 0 Å². The maximum Gasteiger partial charge on any atom is 0.227 e. The molecule has 0 unspecified atom stereocenters. The first kappa shape index (κ1) is 18.2. The van der Waals surface area contributed by atoms with Gasteiger partial charge in [-0.3, -0.25) is 10.9 Å². The van der Waals surface area contributed by atoms with E-state index in [4.69, 9.17) is 9.72 Å². The first-order valence-electron chi connectivity index (χ1n) is 9.97. The number of H-pyrrole nitrogens is 1. The van der Waals surface area contributed by atoms with Crippen LogP contribution in [0.2, 0.25) is 0 Å². The summed E-state index contributed by atoms with van der Waals surface area (Å²) in [5, 5.41) is 3.28. The maximum absolute atomic E-state index is 5.44.